The van der Waals surface area contributed by atoms with Crippen molar-refractivity contribution in [2.24, 2.45) is 7.05 Å². The molecular weight excluding hydrogens is 246 g/mol. The average Bonchev–Trinajstić information content (AvgIpc) is 2.85. The fraction of sp³-hybridized carbons (Fsp3) is 0.471. The van der Waals surface area contributed by atoms with Crippen molar-refractivity contribution >= 4 is 0 Å². The van der Waals surface area contributed by atoms with Gasteiger partial charge in [0.15, 0.2) is 0 Å². The maximum absolute atomic E-state index is 4.26. The molecule has 0 aliphatic carbocycles. The summed E-state index contributed by atoms with van der Waals surface area (Å²) in [6.45, 7) is 5.63. The van der Waals surface area contributed by atoms with Gasteiger partial charge in [0.25, 0.3) is 0 Å². The van der Waals surface area contributed by atoms with Crippen molar-refractivity contribution in [1.82, 2.24) is 14.7 Å². The lowest BCUT2D eigenvalue weighted by Crippen LogP contribution is -2.34. The summed E-state index contributed by atoms with van der Waals surface area (Å²) in [5, 5.41) is 4.26. The van der Waals surface area contributed by atoms with Crippen LogP contribution in [0.1, 0.15) is 35.4 Å². The molecule has 2 aromatic rings. The Morgan fingerprint density at radius 1 is 1.30 bits per heavy atom. The van der Waals surface area contributed by atoms with Crippen LogP contribution in [0.3, 0.4) is 0 Å². The summed E-state index contributed by atoms with van der Waals surface area (Å²) < 4.78 is 1.89. The Balaban J connectivity index is 1.69. The SMILES string of the molecule is Cc1ccccc1[C@@H]1CCCN(Cc2cnn(C)c2)C1. The molecule has 3 rings (SSSR count). The van der Waals surface area contributed by atoms with E-state index in [0.717, 1.165) is 6.54 Å². The molecule has 1 atom stereocenters. The molecule has 2 heterocycles. The Hall–Kier alpha value is -1.61. The van der Waals surface area contributed by atoms with E-state index in [9.17, 15) is 0 Å². The van der Waals surface area contributed by atoms with E-state index in [1.807, 2.05) is 17.9 Å². The number of hydrogen-bond donors (Lipinski definition) is 0. The van der Waals surface area contributed by atoms with Gasteiger partial charge in [0.2, 0.25) is 0 Å². The average molecular weight is 269 g/mol. The number of piperidine rings is 1. The van der Waals surface area contributed by atoms with Gasteiger partial charge in [-0.1, -0.05) is 24.3 Å². The Labute approximate surface area is 121 Å². The van der Waals surface area contributed by atoms with E-state index in [0.29, 0.717) is 5.92 Å². The molecule has 0 unspecified atom stereocenters. The second-order valence-corrected chi connectivity index (χ2v) is 5.95. The number of benzene rings is 1. The molecule has 3 nitrogen and oxygen atoms in total. The number of hydrogen-bond acceptors (Lipinski definition) is 2. The third-order valence-electron chi connectivity index (χ3n) is 4.30. The first-order chi connectivity index (χ1) is 9.72. The number of aromatic nitrogens is 2. The molecule has 0 bridgehead atoms. The van der Waals surface area contributed by atoms with E-state index >= 15 is 0 Å². The molecule has 0 saturated carbocycles. The summed E-state index contributed by atoms with van der Waals surface area (Å²) in [5.74, 6) is 0.682. The van der Waals surface area contributed by atoms with E-state index in [2.05, 4.69) is 47.4 Å². The standard InChI is InChI=1S/C17H23N3/c1-14-6-3-4-8-17(14)16-7-5-9-20(13-16)12-15-10-18-19(2)11-15/h3-4,6,8,10-11,16H,5,7,9,12-13H2,1-2H3/t16-/m1/s1. The topological polar surface area (TPSA) is 21.1 Å². The van der Waals surface area contributed by atoms with E-state index in [-0.39, 0.29) is 0 Å². The third kappa shape index (κ3) is 2.93. The van der Waals surface area contributed by atoms with Crippen LogP contribution < -0.4 is 0 Å². The van der Waals surface area contributed by atoms with Crippen LogP contribution >= 0.6 is 0 Å². The summed E-state index contributed by atoms with van der Waals surface area (Å²) in [4.78, 5) is 2.57. The quantitative estimate of drug-likeness (QED) is 0.853. The lowest BCUT2D eigenvalue weighted by atomic mass is 9.88. The molecule has 0 radical (unpaired) electrons. The van der Waals surface area contributed by atoms with Crippen molar-refractivity contribution in [1.29, 1.82) is 0 Å². The highest BCUT2D eigenvalue weighted by Gasteiger charge is 2.22. The highest BCUT2D eigenvalue weighted by molar-refractivity contribution is 5.29. The van der Waals surface area contributed by atoms with Gasteiger partial charge in [-0.2, -0.15) is 5.10 Å². The third-order valence-corrected chi connectivity index (χ3v) is 4.30. The molecule has 106 valence electrons. The van der Waals surface area contributed by atoms with Crippen LogP contribution in [0.25, 0.3) is 0 Å². The van der Waals surface area contributed by atoms with Gasteiger partial charge in [0.1, 0.15) is 0 Å². The molecule has 20 heavy (non-hydrogen) atoms. The summed E-state index contributed by atoms with van der Waals surface area (Å²) >= 11 is 0. The zero-order valence-corrected chi connectivity index (χ0v) is 12.4. The Morgan fingerprint density at radius 2 is 2.15 bits per heavy atom. The molecule has 0 spiro atoms. The zero-order valence-electron chi connectivity index (χ0n) is 12.4. The first-order valence-electron chi connectivity index (χ1n) is 7.48. The van der Waals surface area contributed by atoms with Gasteiger partial charge in [-0.25, -0.2) is 0 Å². The molecule has 1 aliphatic rings. The lowest BCUT2D eigenvalue weighted by Gasteiger charge is -2.33. The fourth-order valence-electron chi connectivity index (χ4n) is 3.31. The normalized spacial score (nSPS) is 20.2. The van der Waals surface area contributed by atoms with Gasteiger partial charge in [-0.05, 0) is 43.4 Å². The maximum Gasteiger partial charge on any atom is 0.0534 e. The van der Waals surface area contributed by atoms with Crippen LogP contribution in [-0.4, -0.2) is 27.8 Å². The smallest absolute Gasteiger partial charge is 0.0534 e. The molecule has 3 heteroatoms. The van der Waals surface area contributed by atoms with Gasteiger partial charge >= 0.3 is 0 Å². The first kappa shape index (κ1) is 13.4. The maximum atomic E-state index is 4.26. The minimum absolute atomic E-state index is 0.682. The van der Waals surface area contributed by atoms with Crippen LogP contribution in [0.2, 0.25) is 0 Å². The molecule has 1 fully saturated rings. The first-order valence-corrected chi connectivity index (χ1v) is 7.48. The minimum atomic E-state index is 0.682. The van der Waals surface area contributed by atoms with Crippen LogP contribution in [-0.2, 0) is 13.6 Å². The summed E-state index contributed by atoms with van der Waals surface area (Å²) in [6.07, 6.45) is 6.71. The van der Waals surface area contributed by atoms with Crippen LogP contribution in [0.4, 0.5) is 0 Å². The van der Waals surface area contributed by atoms with Crippen LogP contribution in [0.5, 0.6) is 0 Å². The van der Waals surface area contributed by atoms with Gasteiger partial charge < -0.3 is 0 Å². The van der Waals surface area contributed by atoms with E-state index in [4.69, 9.17) is 0 Å². The lowest BCUT2D eigenvalue weighted by molar-refractivity contribution is 0.200. The van der Waals surface area contributed by atoms with Gasteiger partial charge in [-0.15, -0.1) is 0 Å². The molecule has 1 aromatic heterocycles. The van der Waals surface area contributed by atoms with Gasteiger partial charge in [0.05, 0.1) is 6.20 Å². The zero-order chi connectivity index (χ0) is 13.9. The van der Waals surface area contributed by atoms with Crippen LogP contribution in [0.15, 0.2) is 36.7 Å². The fourth-order valence-corrected chi connectivity index (χ4v) is 3.31. The highest BCUT2D eigenvalue weighted by Crippen LogP contribution is 2.29. The monoisotopic (exact) mass is 269 g/mol. The highest BCUT2D eigenvalue weighted by atomic mass is 15.2. The predicted octanol–water partition coefficient (Wildman–Crippen LogP) is 3.11. The van der Waals surface area contributed by atoms with E-state index < -0.39 is 0 Å². The molecule has 1 saturated heterocycles. The molecule has 0 amide bonds. The second kappa shape index (κ2) is 5.80. The van der Waals surface area contributed by atoms with Crippen molar-refractivity contribution in [3.8, 4) is 0 Å². The molecule has 0 N–H and O–H groups in total. The van der Waals surface area contributed by atoms with E-state index in [1.54, 1.807) is 0 Å². The van der Waals surface area contributed by atoms with Crippen LogP contribution in [0, 0.1) is 6.92 Å². The summed E-state index contributed by atoms with van der Waals surface area (Å²) in [5.41, 5.74) is 4.28. The van der Waals surface area contributed by atoms with Gasteiger partial charge in [-0.3, -0.25) is 9.58 Å². The number of likely N-dealkylation sites (tertiary alicyclic amines) is 1. The minimum Gasteiger partial charge on any atom is -0.298 e. The Bertz CT molecular complexity index is 573. The largest absolute Gasteiger partial charge is 0.298 e. The van der Waals surface area contributed by atoms with Crippen molar-refractivity contribution in [2.75, 3.05) is 13.1 Å². The predicted molar refractivity (Wildman–Crippen MR) is 81.6 cm³/mol. The van der Waals surface area contributed by atoms with E-state index in [1.165, 1.54) is 42.6 Å². The number of rotatable bonds is 3. The number of aryl methyl sites for hydroxylation is 2. The molecule has 1 aliphatic heterocycles. The molecular formula is C17H23N3. The second-order valence-electron chi connectivity index (χ2n) is 5.95. The number of nitrogens with zero attached hydrogens (tertiary/aromatic N) is 3. The Morgan fingerprint density at radius 3 is 2.90 bits per heavy atom. The van der Waals surface area contributed by atoms with Crippen molar-refractivity contribution < 1.29 is 0 Å². The van der Waals surface area contributed by atoms with Crippen molar-refractivity contribution in [3.05, 3.63) is 53.3 Å². The van der Waals surface area contributed by atoms with Crippen molar-refractivity contribution in [3.63, 3.8) is 0 Å². The van der Waals surface area contributed by atoms with Crippen molar-refractivity contribution in [2.45, 2.75) is 32.2 Å². The summed E-state index contributed by atoms with van der Waals surface area (Å²) in [7, 11) is 1.98. The van der Waals surface area contributed by atoms with Gasteiger partial charge in [0, 0.05) is 31.9 Å². The summed E-state index contributed by atoms with van der Waals surface area (Å²) in [6, 6.07) is 8.83. The Kier molecular flexibility index (Phi) is 3.88. The molecule has 1 aromatic carbocycles.